The molecule has 2 rings (SSSR count). The highest BCUT2D eigenvalue weighted by Crippen LogP contribution is 2.09. The number of hydrogen-bond donors (Lipinski definition) is 2. The average Bonchev–Trinajstić information content (AvgIpc) is 2.83. The molecule has 1 unspecified atom stereocenters. The topological polar surface area (TPSA) is 94.0 Å². The second kappa shape index (κ2) is 4.75. The first kappa shape index (κ1) is 11.3. The number of carbonyl (C=O) groups is 1. The number of benzene rings is 1. The SMILES string of the molecule is NC(Cc1ccc(-n2cncn2)cc1)C(=O)O. The summed E-state index contributed by atoms with van der Waals surface area (Å²) in [7, 11) is 0. The molecule has 0 aliphatic heterocycles. The van der Waals surface area contributed by atoms with Crippen molar-refractivity contribution in [2.24, 2.45) is 5.73 Å². The van der Waals surface area contributed by atoms with Gasteiger partial charge in [0, 0.05) is 0 Å². The number of rotatable bonds is 4. The standard InChI is InChI=1S/C11H12N4O2/c12-10(11(16)17)5-8-1-3-9(4-2-8)15-7-13-6-14-15/h1-4,6-7,10H,5,12H2,(H,16,17). The fraction of sp³-hybridized carbons (Fsp3) is 0.182. The van der Waals surface area contributed by atoms with Crippen LogP contribution in [0.1, 0.15) is 5.56 Å². The number of nitrogens with zero attached hydrogens (tertiary/aromatic N) is 3. The summed E-state index contributed by atoms with van der Waals surface area (Å²) in [5.74, 6) is -0.995. The minimum atomic E-state index is -0.995. The van der Waals surface area contributed by atoms with Crippen LogP contribution in [0.5, 0.6) is 0 Å². The van der Waals surface area contributed by atoms with E-state index in [2.05, 4.69) is 10.1 Å². The fourth-order valence-corrected chi connectivity index (χ4v) is 1.47. The van der Waals surface area contributed by atoms with Gasteiger partial charge in [-0.2, -0.15) is 5.10 Å². The predicted molar refractivity (Wildman–Crippen MR) is 60.7 cm³/mol. The lowest BCUT2D eigenvalue weighted by Gasteiger charge is -2.07. The van der Waals surface area contributed by atoms with Crippen molar-refractivity contribution in [3.63, 3.8) is 0 Å². The predicted octanol–water partition coefficient (Wildman–Crippen LogP) is 0.222. The zero-order chi connectivity index (χ0) is 12.3. The quantitative estimate of drug-likeness (QED) is 0.786. The minimum Gasteiger partial charge on any atom is -0.480 e. The van der Waals surface area contributed by atoms with Crippen LogP contribution in [0.3, 0.4) is 0 Å². The summed E-state index contributed by atoms with van der Waals surface area (Å²) in [5, 5.41) is 12.7. The van der Waals surface area contributed by atoms with Gasteiger partial charge in [0.15, 0.2) is 0 Å². The monoisotopic (exact) mass is 232 g/mol. The minimum absolute atomic E-state index is 0.312. The van der Waals surface area contributed by atoms with Crippen LogP contribution in [-0.2, 0) is 11.2 Å². The molecule has 88 valence electrons. The van der Waals surface area contributed by atoms with Crippen LogP contribution in [-0.4, -0.2) is 31.9 Å². The lowest BCUT2D eigenvalue weighted by atomic mass is 10.1. The number of aliphatic carboxylic acids is 1. The number of carboxylic acids is 1. The third-order valence-corrected chi connectivity index (χ3v) is 2.39. The van der Waals surface area contributed by atoms with Crippen LogP contribution in [0, 0.1) is 0 Å². The molecule has 0 fully saturated rings. The summed E-state index contributed by atoms with van der Waals surface area (Å²) in [5.41, 5.74) is 7.20. The van der Waals surface area contributed by atoms with E-state index in [1.54, 1.807) is 11.0 Å². The summed E-state index contributed by atoms with van der Waals surface area (Å²) < 4.78 is 1.63. The van der Waals surface area contributed by atoms with Crippen molar-refractivity contribution >= 4 is 5.97 Å². The lowest BCUT2D eigenvalue weighted by Crippen LogP contribution is -2.32. The van der Waals surface area contributed by atoms with E-state index in [0.717, 1.165) is 11.3 Å². The van der Waals surface area contributed by atoms with Gasteiger partial charge in [0.25, 0.3) is 0 Å². The molecule has 3 N–H and O–H groups in total. The lowest BCUT2D eigenvalue weighted by molar-refractivity contribution is -0.138. The molecule has 0 saturated carbocycles. The van der Waals surface area contributed by atoms with E-state index in [1.807, 2.05) is 24.3 Å². The van der Waals surface area contributed by atoms with E-state index in [9.17, 15) is 4.79 Å². The van der Waals surface area contributed by atoms with Crippen LogP contribution >= 0.6 is 0 Å². The molecule has 17 heavy (non-hydrogen) atoms. The number of carboxylic acid groups (broad SMARTS) is 1. The molecule has 1 heterocycles. The second-order valence-corrected chi connectivity index (χ2v) is 3.66. The Morgan fingerprint density at radius 2 is 2.12 bits per heavy atom. The Balaban J connectivity index is 2.11. The molecule has 6 nitrogen and oxygen atoms in total. The van der Waals surface area contributed by atoms with Crippen LogP contribution in [0.15, 0.2) is 36.9 Å². The largest absolute Gasteiger partial charge is 0.480 e. The third-order valence-electron chi connectivity index (χ3n) is 2.39. The number of nitrogens with two attached hydrogens (primary N) is 1. The summed E-state index contributed by atoms with van der Waals surface area (Å²) in [4.78, 5) is 14.5. The molecule has 1 aromatic carbocycles. The molecule has 1 aromatic heterocycles. The fourth-order valence-electron chi connectivity index (χ4n) is 1.47. The smallest absolute Gasteiger partial charge is 0.320 e. The third kappa shape index (κ3) is 2.67. The summed E-state index contributed by atoms with van der Waals surface area (Å²) in [6.45, 7) is 0. The highest BCUT2D eigenvalue weighted by atomic mass is 16.4. The van der Waals surface area contributed by atoms with Crippen molar-refractivity contribution in [3.05, 3.63) is 42.5 Å². The van der Waals surface area contributed by atoms with Gasteiger partial charge >= 0.3 is 5.97 Å². The first-order valence-electron chi connectivity index (χ1n) is 5.09. The Labute approximate surface area is 97.7 Å². The van der Waals surface area contributed by atoms with E-state index >= 15 is 0 Å². The van der Waals surface area contributed by atoms with E-state index in [4.69, 9.17) is 10.8 Å². The van der Waals surface area contributed by atoms with Crippen molar-refractivity contribution < 1.29 is 9.90 Å². The number of aromatic nitrogens is 3. The van der Waals surface area contributed by atoms with E-state index < -0.39 is 12.0 Å². The van der Waals surface area contributed by atoms with Crippen molar-refractivity contribution in [2.45, 2.75) is 12.5 Å². The molecular formula is C11H12N4O2. The van der Waals surface area contributed by atoms with Gasteiger partial charge in [-0.3, -0.25) is 4.79 Å². The normalized spacial score (nSPS) is 12.3. The summed E-state index contributed by atoms with van der Waals surface area (Å²) in [6, 6.07) is 6.49. The van der Waals surface area contributed by atoms with Crippen LogP contribution in [0.2, 0.25) is 0 Å². The van der Waals surface area contributed by atoms with Crippen LogP contribution < -0.4 is 5.73 Å². The van der Waals surface area contributed by atoms with Crippen molar-refractivity contribution in [2.75, 3.05) is 0 Å². The summed E-state index contributed by atoms with van der Waals surface area (Å²) >= 11 is 0. The zero-order valence-corrected chi connectivity index (χ0v) is 9.02. The van der Waals surface area contributed by atoms with Gasteiger partial charge in [-0.05, 0) is 24.1 Å². The Bertz CT molecular complexity index is 493. The molecule has 0 aliphatic carbocycles. The maximum atomic E-state index is 10.6. The van der Waals surface area contributed by atoms with E-state index in [-0.39, 0.29) is 0 Å². The van der Waals surface area contributed by atoms with Gasteiger partial charge in [0.05, 0.1) is 5.69 Å². The van der Waals surface area contributed by atoms with E-state index in [0.29, 0.717) is 6.42 Å². The van der Waals surface area contributed by atoms with Gasteiger partial charge in [-0.15, -0.1) is 0 Å². The molecule has 1 atom stereocenters. The van der Waals surface area contributed by atoms with Gasteiger partial charge in [0.2, 0.25) is 0 Å². The Morgan fingerprint density at radius 1 is 1.41 bits per heavy atom. The average molecular weight is 232 g/mol. The van der Waals surface area contributed by atoms with Crippen molar-refractivity contribution in [1.82, 2.24) is 14.8 Å². The Kier molecular flexibility index (Phi) is 3.15. The van der Waals surface area contributed by atoms with Crippen molar-refractivity contribution in [1.29, 1.82) is 0 Å². The molecule has 2 aromatic rings. The zero-order valence-electron chi connectivity index (χ0n) is 9.02. The molecule has 0 saturated heterocycles. The van der Waals surface area contributed by atoms with Crippen molar-refractivity contribution in [3.8, 4) is 5.69 Å². The van der Waals surface area contributed by atoms with E-state index in [1.165, 1.54) is 6.33 Å². The second-order valence-electron chi connectivity index (χ2n) is 3.66. The van der Waals surface area contributed by atoms with Crippen LogP contribution in [0.25, 0.3) is 5.69 Å². The Morgan fingerprint density at radius 3 is 2.65 bits per heavy atom. The maximum Gasteiger partial charge on any atom is 0.320 e. The number of hydrogen-bond acceptors (Lipinski definition) is 4. The first-order valence-corrected chi connectivity index (χ1v) is 5.09. The molecule has 0 spiro atoms. The maximum absolute atomic E-state index is 10.6. The molecule has 0 bridgehead atoms. The van der Waals surface area contributed by atoms with Gasteiger partial charge in [0.1, 0.15) is 18.7 Å². The molecule has 6 heteroatoms. The molecule has 0 aliphatic rings. The van der Waals surface area contributed by atoms with Gasteiger partial charge in [-0.1, -0.05) is 12.1 Å². The first-order chi connectivity index (χ1) is 8.16. The highest BCUT2D eigenvalue weighted by molar-refractivity contribution is 5.73. The highest BCUT2D eigenvalue weighted by Gasteiger charge is 2.11. The molecule has 0 amide bonds. The Hall–Kier alpha value is -2.21. The van der Waals surface area contributed by atoms with Crippen LogP contribution in [0.4, 0.5) is 0 Å². The van der Waals surface area contributed by atoms with Gasteiger partial charge in [-0.25, -0.2) is 9.67 Å². The summed E-state index contributed by atoms with van der Waals surface area (Å²) in [6.07, 6.45) is 3.36. The molecule has 0 radical (unpaired) electrons. The molecular weight excluding hydrogens is 220 g/mol. The van der Waals surface area contributed by atoms with Gasteiger partial charge < -0.3 is 10.8 Å².